The van der Waals surface area contributed by atoms with Crippen molar-refractivity contribution in [2.24, 2.45) is 5.73 Å². The van der Waals surface area contributed by atoms with Crippen molar-refractivity contribution in [2.75, 3.05) is 6.61 Å². The first-order valence-corrected chi connectivity index (χ1v) is 2.27. The third-order valence-corrected chi connectivity index (χ3v) is 0.957. The maximum absolute atomic E-state index is 8.78. The summed E-state index contributed by atoms with van der Waals surface area (Å²) in [5.41, 5.74) is 3.26. The molecule has 0 heterocycles. The van der Waals surface area contributed by atoms with Gasteiger partial charge in [-0.3, -0.25) is 0 Å². The van der Waals surface area contributed by atoms with Crippen LogP contribution >= 0.6 is 0 Å². The standard InChI is InChI=1S/C4H11NO3/c1-4(8,2-6)3(5)7/h3,6-8H,2,5H2,1H3. The van der Waals surface area contributed by atoms with E-state index >= 15 is 0 Å². The lowest BCUT2D eigenvalue weighted by Gasteiger charge is -2.22. The Morgan fingerprint density at radius 3 is 2.12 bits per heavy atom. The minimum absolute atomic E-state index is 0.537. The van der Waals surface area contributed by atoms with E-state index in [2.05, 4.69) is 0 Å². The maximum Gasteiger partial charge on any atom is 0.133 e. The number of hydrogen-bond donors (Lipinski definition) is 4. The molecule has 0 saturated heterocycles. The van der Waals surface area contributed by atoms with Gasteiger partial charge in [0.15, 0.2) is 0 Å². The second kappa shape index (κ2) is 2.41. The number of nitrogens with two attached hydrogens (primary N) is 1. The van der Waals surface area contributed by atoms with Crippen molar-refractivity contribution in [1.82, 2.24) is 0 Å². The molecule has 0 bridgehead atoms. The quantitative estimate of drug-likeness (QED) is 0.318. The van der Waals surface area contributed by atoms with Gasteiger partial charge in [0.2, 0.25) is 0 Å². The molecule has 0 aliphatic rings. The molecular weight excluding hydrogens is 110 g/mol. The van der Waals surface area contributed by atoms with E-state index in [0.717, 1.165) is 0 Å². The van der Waals surface area contributed by atoms with Crippen LogP contribution in [0.5, 0.6) is 0 Å². The predicted octanol–water partition coefficient (Wildman–Crippen LogP) is -1.99. The second-order valence-corrected chi connectivity index (χ2v) is 1.96. The molecule has 0 spiro atoms. The fraction of sp³-hybridized carbons (Fsp3) is 1.00. The first-order chi connectivity index (χ1) is 3.50. The molecule has 4 nitrogen and oxygen atoms in total. The minimum atomic E-state index is -1.57. The van der Waals surface area contributed by atoms with Gasteiger partial charge in [-0.25, -0.2) is 0 Å². The fourth-order valence-electron chi connectivity index (χ4n) is 0.0935. The average Bonchev–Trinajstić information content (AvgIpc) is 1.67. The van der Waals surface area contributed by atoms with Crippen LogP contribution in [-0.4, -0.2) is 33.8 Å². The molecule has 0 fully saturated rings. The Morgan fingerprint density at radius 1 is 1.75 bits per heavy atom. The van der Waals surface area contributed by atoms with Crippen molar-refractivity contribution in [3.63, 3.8) is 0 Å². The topological polar surface area (TPSA) is 86.7 Å². The summed E-state index contributed by atoms with van der Waals surface area (Å²) in [4.78, 5) is 0. The number of aliphatic hydroxyl groups is 3. The summed E-state index contributed by atoms with van der Waals surface area (Å²) in [6, 6.07) is 0. The highest BCUT2D eigenvalue weighted by Crippen LogP contribution is 2.02. The predicted molar refractivity (Wildman–Crippen MR) is 27.9 cm³/mol. The van der Waals surface area contributed by atoms with Gasteiger partial charge in [-0.05, 0) is 6.92 Å². The summed E-state index contributed by atoms with van der Waals surface area (Å²) in [7, 11) is 0. The zero-order valence-corrected chi connectivity index (χ0v) is 4.70. The Balaban J connectivity index is 3.71. The molecule has 8 heavy (non-hydrogen) atoms. The molecule has 2 unspecified atom stereocenters. The molecule has 0 aliphatic carbocycles. The molecule has 0 aromatic rings. The zero-order chi connectivity index (χ0) is 6.78. The van der Waals surface area contributed by atoms with Crippen molar-refractivity contribution in [2.45, 2.75) is 18.8 Å². The van der Waals surface area contributed by atoms with Gasteiger partial charge in [0, 0.05) is 0 Å². The lowest BCUT2D eigenvalue weighted by molar-refractivity contribution is -0.0890. The second-order valence-electron chi connectivity index (χ2n) is 1.96. The Bertz CT molecular complexity index is 71.7. The van der Waals surface area contributed by atoms with Crippen molar-refractivity contribution < 1.29 is 15.3 Å². The molecule has 0 aromatic heterocycles. The van der Waals surface area contributed by atoms with E-state index in [9.17, 15) is 0 Å². The van der Waals surface area contributed by atoms with E-state index < -0.39 is 18.4 Å². The van der Waals surface area contributed by atoms with E-state index in [-0.39, 0.29) is 0 Å². The largest absolute Gasteiger partial charge is 0.393 e. The summed E-state index contributed by atoms with van der Waals surface area (Å²) in [6.45, 7) is 0.711. The van der Waals surface area contributed by atoms with Crippen molar-refractivity contribution >= 4 is 0 Å². The molecular formula is C4H11NO3. The molecule has 0 aromatic carbocycles. The van der Waals surface area contributed by atoms with E-state index in [1.165, 1.54) is 6.92 Å². The minimum Gasteiger partial charge on any atom is -0.393 e. The van der Waals surface area contributed by atoms with Crippen LogP contribution in [0.25, 0.3) is 0 Å². The van der Waals surface area contributed by atoms with Crippen LogP contribution in [0.2, 0.25) is 0 Å². The molecule has 2 atom stereocenters. The normalized spacial score (nSPS) is 22.1. The first-order valence-electron chi connectivity index (χ1n) is 2.27. The van der Waals surface area contributed by atoms with E-state index in [4.69, 9.17) is 21.1 Å². The Kier molecular flexibility index (Phi) is 2.36. The molecule has 5 N–H and O–H groups in total. The van der Waals surface area contributed by atoms with Crippen LogP contribution in [-0.2, 0) is 0 Å². The molecule has 50 valence electrons. The lowest BCUT2D eigenvalue weighted by Crippen LogP contribution is -2.48. The van der Waals surface area contributed by atoms with E-state index in [0.29, 0.717) is 0 Å². The number of hydrogen-bond acceptors (Lipinski definition) is 4. The van der Waals surface area contributed by atoms with Gasteiger partial charge in [0.25, 0.3) is 0 Å². The van der Waals surface area contributed by atoms with Crippen LogP contribution < -0.4 is 5.73 Å². The van der Waals surface area contributed by atoms with Crippen LogP contribution in [0, 0.1) is 0 Å². The Labute approximate surface area is 47.6 Å². The van der Waals surface area contributed by atoms with Crippen LogP contribution in [0.15, 0.2) is 0 Å². The molecule has 0 aliphatic heterocycles. The van der Waals surface area contributed by atoms with Crippen molar-refractivity contribution in [3.05, 3.63) is 0 Å². The van der Waals surface area contributed by atoms with Gasteiger partial charge in [-0.2, -0.15) is 0 Å². The maximum atomic E-state index is 8.78. The van der Waals surface area contributed by atoms with E-state index in [1.807, 2.05) is 0 Å². The van der Waals surface area contributed by atoms with Gasteiger partial charge in [-0.15, -0.1) is 0 Å². The monoisotopic (exact) mass is 121 g/mol. The summed E-state index contributed by atoms with van der Waals surface area (Å²) >= 11 is 0. The van der Waals surface area contributed by atoms with Crippen LogP contribution in [0.3, 0.4) is 0 Å². The summed E-state index contributed by atoms with van der Waals surface area (Å²) in [5, 5.41) is 25.5. The van der Waals surface area contributed by atoms with Crippen LogP contribution in [0.1, 0.15) is 6.92 Å². The third kappa shape index (κ3) is 1.75. The van der Waals surface area contributed by atoms with E-state index in [1.54, 1.807) is 0 Å². The van der Waals surface area contributed by atoms with Gasteiger partial charge >= 0.3 is 0 Å². The molecule has 0 amide bonds. The fourth-order valence-corrected chi connectivity index (χ4v) is 0.0935. The number of aliphatic hydroxyl groups excluding tert-OH is 2. The zero-order valence-electron chi connectivity index (χ0n) is 4.70. The highest BCUT2D eigenvalue weighted by atomic mass is 16.4. The van der Waals surface area contributed by atoms with Gasteiger partial charge < -0.3 is 21.1 Å². The Morgan fingerprint density at radius 2 is 2.12 bits per heavy atom. The summed E-state index contributed by atoms with van der Waals surface area (Å²) in [6.07, 6.45) is -1.38. The first kappa shape index (κ1) is 7.84. The highest BCUT2D eigenvalue weighted by Gasteiger charge is 2.25. The highest BCUT2D eigenvalue weighted by molar-refractivity contribution is 4.75. The van der Waals surface area contributed by atoms with Crippen molar-refractivity contribution in [3.8, 4) is 0 Å². The van der Waals surface area contributed by atoms with Gasteiger partial charge in [0.05, 0.1) is 6.61 Å². The van der Waals surface area contributed by atoms with Crippen molar-refractivity contribution in [1.29, 1.82) is 0 Å². The smallest absolute Gasteiger partial charge is 0.133 e. The molecule has 0 radical (unpaired) electrons. The average molecular weight is 121 g/mol. The SMILES string of the molecule is CC(O)(CO)C(N)O. The molecule has 0 saturated carbocycles. The Hall–Kier alpha value is -0.160. The molecule has 4 heteroatoms. The summed E-state index contributed by atoms with van der Waals surface area (Å²) < 4.78 is 0. The van der Waals surface area contributed by atoms with Gasteiger partial charge in [0.1, 0.15) is 11.8 Å². The lowest BCUT2D eigenvalue weighted by atomic mass is 10.1. The molecule has 0 rings (SSSR count). The summed E-state index contributed by atoms with van der Waals surface area (Å²) in [5.74, 6) is 0. The van der Waals surface area contributed by atoms with Gasteiger partial charge in [-0.1, -0.05) is 0 Å². The number of rotatable bonds is 2. The van der Waals surface area contributed by atoms with Crippen LogP contribution in [0.4, 0.5) is 0 Å². The third-order valence-electron chi connectivity index (χ3n) is 0.957.